The van der Waals surface area contributed by atoms with Crippen LogP contribution in [0.15, 0.2) is 30.0 Å². The van der Waals surface area contributed by atoms with Crippen LogP contribution in [0.25, 0.3) is 0 Å². The molecule has 1 aromatic rings. The van der Waals surface area contributed by atoms with Crippen molar-refractivity contribution in [3.8, 4) is 0 Å². The molecule has 1 aliphatic rings. The van der Waals surface area contributed by atoms with E-state index in [0.717, 1.165) is 16.6 Å². The maximum atomic E-state index is 12.3. The van der Waals surface area contributed by atoms with Crippen molar-refractivity contribution in [3.05, 3.63) is 30.6 Å². The Balaban J connectivity index is 1.99. The highest BCUT2D eigenvalue weighted by Crippen LogP contribution is 2.40. The van der Waals surface area contributed by atoms with Crippen molar-refractivity contribution < 1.29 is 4.79 Å². The third-order valence-electron chi connectivity index (χ3n) is 3.52. The number of aromatic nitrogens is 3. The molecule has 0 unspecified atom stereocenters. The van der Waals surface area contributed by atoms with Gasteiger partial charge in [0.05, 0.1) is 5.75 Å². The Bertz CT molecular complexity index is 562. The Kier molecular flexibility index (Phi) is 5.83. The van der Waals surface area contributed by atoms with Crippen LogP contribution in [0.5, 0.6) is 0 Å². The molecule has 0 aliphatic heterocycles. The number of allylic oxidation sites excluding steroid dienone is 1. The van der Waals surface area contributed by atoms with Crippen molar-refractivity contribution in [3.63, 3.8) is 0 Å². The molecule has 1 heterocycles. The molecular weight excluding hydrogens is 296 g/mol. The highest BCUT2D eigenvalue weighted by Gasteiger charge is 2.30. The molecule has 0 bridgehead atoms. The van der Waals surface area contributed by atoms with Crippen LogP contribution in [0.3, 0.4) is 0 Å². The minimum absolute atomic E-state index is 0.108. The SMILES string of the molecule is C=CCn1c(SCC(=O)N(CC)CC(=C)C)nnc1C1CC1. The lowest BCUT2D eigenvalue weighted by molar-refractivity contribution is -0.127. The number of carbonyl (C=O) groups excluding carboxylic acids is 1. The van der Waals surface area contributed by atoms with Gasteiger partial charge in [0.25, 0.3) is 0 Å². The van der Waals surface area contributed by atoms with Crippen molar-refractivity contribution >= 4 is 17.7 Å². The third kappa shape index (κ3) is 4.22. The standard InChI is InChI=1S/C16H24N4OS/c1-5-9-20-15(13-7-8-13)17-18-16(20)22-11-14(21)19(6-2)10-12(3)4/h5,13H,1,3,6-11H2,2,4H3. The summed E-state index contributed by atoms with van der Waals surface area (Å²) in [6.07, 6.45) is 4.21. The number of hydrogen-bond acceptors (Lipinski definition) is 4. The lowest BCUT2D eigenvalue weighted by Crippen LogP contribution is -2.33. The van der Waals surface area contributed by atoms with Gasteiger partial charge in [-0.15, -0.1) is 16.8 Å². The Labute approximate surface area is 136 Å². The van der Waals surface area contributed by atoms with Crippen molar-refractivity contribution in [1.29, 1.82) is 0 Å². The van der Waals surface area contributed by atoms with Crippen LogP contribution < -0.4 is 0 Å². The van der Waals surface area contributed by atoms with Gasteiger partial charge in [-0.25, -0.2) is 0 Å². The summed E-state index contributed by atoms with van der Waals surface area (Å²) in [5.41, 5.74) is 0.992. The van der Waals surface area contributed by atoms with Gasteiger partial charge in [-0.2, -0.15) is 0 Å². The summed E-state index contributed by atoms with van der Waals surface area (Å²) in [7, 11) is 0. The Morgan fingerprint density at radius 3 is 2.77 bits per heavy atom. The topological polar surface area (TPSA) is 51.0 Å². The van der Waals surface area contributed by atoms with E-state index in [4.69, 9.17) is 0 Å². The number of amides is 1. The summed E-state index contributed by atoms with van der Waals surface area (Å²) in [4.78, 5) is 14.1. The Morgan fingerprint density at radius 2 is 2.23 bits per heavy atom. The van der Waals surface area contributed by atoms with E-state index in [1.165, 1.54) is 24.6 Å². The molecule has 0 radical (unpaired) electrons. The molecule has 6 heteroatoms. The zero-order chi connectivity index (χ0) is 16.1. The number of carbonyl (C=O) groups is 1. The molecule has 0 spiro atoms. The second kappa shape index (κ2) is 7.63. The first kappa shape index (κ1) is 16.8. The predicted octanol–water partition coefficient (Wildman–Crippen LogP) is 2.86. The zero-order valence-electron chi connectivity index (χ0n) is 13.4. The van der Waals surface area contributed by atoms with Gasteiger partial charge in [0.1, 0.15) is 5.82 Å². The second-order valence-corrected chi connectivity index (χ2v) is 6.61. The maximum Gasteiger partial charge on any atom is 0.233 e. The van der Waals surface area contributed by atoms with Crippen molar-refractivity contribution in [2.75, 3.05) is 18.8 Å². The van der Waals surface area contributed by atoms with E-state index in [1.54, 1.807) is 0 Å². The maximum absolute atomic E-state index is 12.3. The normalized spacial score (nSPS) is 13.9. The number of thioether (sulfide) groups is 1. The molecule has 5 nitrogen and oxygen atoms in total. The van der Waals surface area contributed by atoms with E-state index in [-0.39, 0.29) is 5.91 Å². The van der Waals surface area contributed by atoms with E-state index in [1.807, 2.05) is 24.8 Å². The average molecular weight is 320 g/mol. The predicted molar refractivity (Wildman–Crippen MR) is 90.0 cm³/mol. The van der Waals surface area contributed by atoms with Gasteiger partial charge < -0.3 is 9.47 Å². The summed E-state index contributed by atoms with van der Waals surface area (Å²) in [6, 6.07) is 0. The molecular formula is C16H24N4OS. The fourth-order valence-corrected chi connectivity index (χ4v) is 3.13. The highest BCUT2D eigenvalue weighted by atomic mass is 32.2. The van der Waals surface area contributed by atoms with Crippen LogP contribution in [0.1, 0.15) is 38.4 Å². The zero-order valence-corrected chi connectivity index (χ0v) is 14.2. The van der Waals surface area contributed by atoms with Crippen LogP contribution in [0.2, 0.25) is 0 Å². The van der Waals surface area contributed by atoms with Crippen LogP contribution >= 0.6 is 11.8 Å². The molecule has 1 aliphatic carbocycles. The van der Waals surface area contributed by atoms with Crippen LogP contribution in [-0.2, 0) is 11.3 Å². The summed E-state index contributed by atoms with van der Waals surface area (Å²) in [5, 5.41) is 9.35. The summed E-state index contributed by atoms with van der Waals surface area (Å²) in [5.74, 6) is 2.05. The van der Waals surface area contributed by atoms with Gasteiger partial charge in [-0.05, 0) is 26.7 Å². The molecule has 1 saturated carbocycles. The van der Waals surface area contributed by atoms with Gasteiger partial charge >= 0.3 is 0 Å². The van der Waals surface area contributed by atoms with Gasteiger partial charge in [0.2, 0.25) is 5.91 Å². The van der Waals surface area contributed by atoms with Crippen molar-refractivity contribution in [2.24, 2.45) is 0 Å². The lowest BCUT2D eigenvalue weighted by Gasteiger charge is -2.20. The van der Waals surface area contributed by atoms with Gasteiger partial charge in [-0.1, -0.05) is 30.0 Å². The number of hydrogen-bond donors (Lipinski definition) is 0. The molecule has 0 N–H and O–H groups in total. The molecule has 120 valence electrons. The molecule has 1 amide bonds. The van der Waals surface area contributed by atoms with E-state index in [0.29, 0.717) is 31.3 Å². The van der Waals surface area contributed by atoms with E-state index < -0.39 is 0 Å². The first-order valence-electron chi connectivity index (χ1n) is 7.65. The number of likely N-dealkylation sites (N-methyl/N-ethyl adjacent to an activating group) is 1. The largest absolute Gasteiger partial charge is 0.338 e. The molecule has 1 fully saturated rings. The fraction of sp³-hybridized carbons (Fsp3) is 0.562. The van der Waals surface area contributed by atoms with Gasteiger partial charge in [0.15, 0.2) is 5.16 Å². The molecule has 22 heavy (non-hydrogen) atoms. The average Bonchev–Trinajstić information content (AvgIpc) is 3.25. The van der Waals surface area contributed by atoms with E-state index >= 15 is 0 Å². The first-order chi connectivity index (χ1) is 10.6. The van der Waals surface area contributed by atoms with Crippen molar-refractivity contribution in [2.45, 2.75) is 44.3 Å². The molecule has 1 aromatic heterocycles. The minimum Gasteiger partial charge on any atom is -0.338 e. The summed E-state index contributed by atoms with van der Waals surface area (Å²) < 4.78 is 2.08. The third-order valence-corrected chi connectivity index (χ3v) is 4.47. The number of rotatable bonds is 9. The second-order valence-electron chi connectivity index (χ2n) is 5.67. The van der Waals surface area contributed by atoms with E-state index in [2.05, 4.69) is 27.9 Å². The lowest BCUT2D eigenvalue weighted by atomic mass is 10.3. The Morgan fingerprint density at radius 1 is 1.50 bits per heavy atom. The van der Waals surface area contributed by atoms with Gasteiger partial charge in [0, 0.05) is 25.6 Å². The molecule has 0 atom stereocenters. The monoisotopic (exact) mass is 320 g/mol. The van der Waals surface area contributed by atoms with Crippen molar-refractivity contribution in [1.82, 2.24) is 19.7 Å². The van der Waals surface area contributed by atoms with Crippen LogP contribution in [-0.4, -0.2) is 44.4 Å². The highest BCUT2D eigenvalue weighted by molar-refractivity contribution is 7.99. The smallest absolute Gasteiger partial charge is 0.233 e. The minimum atomic E-state index is 0.108. The fourth-order valence-electron chi connectivity index (χ4n) is 2.27. The molecule has 0 saturated heterocycles. The Hall–Kier alpha value is -1.56. The van der Waals surface area contributed by atoms with Gasteiger partial charge in [-0.3, -0.25) is 4.79 Å². The summed E-state index contributed by atoms with van der Waals surface area (Å²) >= 11 is 1.45. The van der Waals surface area contributed by atoms with Crippen LogP contribution in [0, 0.1) is 0 Å². The summed E-state index contributed by atoms with van der Waals surface area (Å²) in [6.45, 7) is 13.6. The quantitative estimate of drug-likeness (QED) is 0.518. The van der Waals surface area contributed by atoms with Crippen LogP contribution in [0.4, 0.5) is 0 Å². The molecule has 0 aromatic carbocycles. The number of nitrogens with zero attached hydrogens (tertiary/aromatic N) is 4. The first-order valence-corrected chi connectivity index (χ1v) is 8.64. The van der Waals surface area contributed by atoms with E-state index in [9.17, 15) is 4.79 Å². The molecule has 2 rings (SSSR count).